The number of aromatic hydroxyl groups is 1. The Morgan fingerprint density at radius 1 is 0.843 bits per heavy atom. The number of amides is 5. The number of aromatic amines is 1. The second-order valence-electron chi connectivity index (χ2n) is 21.3. The molecule has 5 atom stereocenters. The lowest BCUT2D eigenvalue weighted by Crippen LogP contribution is -2.48. The lowest BCUT2D eigenvalue weighted by Gasteiger charge is -2.37. The quantitative estimate of drug-likeness (QED) is 0.00985. The number of rotatable bonds is 31. The number of halogens is 3. The summed E-state index contributed by atoms with van der Waals surface area (Å²) in [4.78, 5) is 79.2. The van der Waals surface area contributed by atoms with E-state index in [0.29, 0.717) is 110 Å². The molecule has 26 heteroatoms. The van der Waals surface area contributed by atoms with Crippen LogP contribution in [0, 0.1) is 20.8 Å². The van der Waals surface area contributed by atoms with Crippen LogP contribution in [0.25, 0.3) is 0 Å². The summed E-state index contributed by atoms with van der Waals surface area (Å²) in [6.45, 7) is 10.3. The van der Waals surface area contributed by atoms with E-state index in [1.165, 1.54) is 12.1 Å². The fourth-order valence-electron chi connectivity index (χ4n) is 10.1. The fourth-order valence-corrected chi connectivity index (χ4v) is 12.4. The Balaban J connectivity index is 0.751. The Labute approximate surface area is 486 Å². The molecule has 0 saturated carbocycles. The monoisotopic (exact) mass is 1200 g/mol. The molecule has 3 aromatic carbocycles. The Bertz CT molecular complexity index is 2980. The minimum absolute atomic E-state index is 0.0138. The number of benzene rings is 3. The standard InChI is InChI=1S/C57H73F3N8O13S2/c1-33-34(2)49-40(19-20-55(4,81-49)32-79-39-17-11-36(12-18-39)29-44-52(73)66-54(75)83-44)35(3)48(33)80-46(70)30-41(63-50(71)37-13-15-38(16-14-37)56(67-68-56)57(58,59)60)51(72)62-22-8-24-77-26-28-78-27-25-76-23-7-21-61-45(69)10-6-5-9-43-47-42(31-82-43)64-53(74)65-47/h11-18,41-43,47,67-68,73H,5-10,19-32H2,1-4H3,(H,61,69)(H,62,72)(H,63,71)(H,66,75)(H2,64,65,74)/t41-,42+,43+,47+,55?/m1/s1. The molecule has 1 unspecified atom stereocenters. The largest absolute Gasteiger partial charge is 0.494 e. The average molecular weight is 1200 g/mol. The molecule has 8 rings (SSSR count). The maximum Gasteiger partial charge on any atom is 0.426 e. The van der Waals surface area contributed by atoms with Gasteiger partial charge in [-0.25, -0.2) is 15.6 Å². The molecule has 3 saturated heterocycles. The molecule has 3 fully saturated rings. The summed E-state index contributed by atoms with van der Waals surface area (Å²) in [6.07, 6.45) is 0.456. The number of thiazole rings is 1. The van der Waals surface area contributed by atoms with Gasteiger partial charge in [0.05, 0.1) is 49.8 Å². The molecule has 5 amide bonds. The first kappa shape index (κ1) is 62.6. The number of fused-ring (bicyclic) bond motifs is 2. The van der Waals surface area contributed by atoms with E-state index in [1.807, 2.05) is 56.8 Å². The number of thioether (sulfide) groups is 1. The third-order valence-electron chi connectivity index (χ3n) is 15.1. The van der Waals surface area contributed by atoms with Gasteiger partial charge in [0.1, 0.15) is 35.5 Å². The van der Waals surface area contributed by atoms with E-state index in [1.54, 1.807) is 6.92 Å². The van der Waals surface area contributed by atoms with Gasteiger partial charge in [-0.05, 0) is 118 Å². The van der Waals surface area contributed by atoms with Gasteiger partial charge >= 0.3 is 23.0 Å². The van der Waals surface area contributed by atoms with Crippen molar-refractivity contribution < 1.29 is 70.7 Å². The maximum atomic E-state index is 13.8. The number of carbonyl (C=O) groups excluding carboxylic acids is 5. The Morgan fingerprint density at radius 3 is 2.17 bits per heavy atom. The first-order valence-electron chi connectivity index (χ1n) is 27.9. The average Bonchev–Trinajstić information content (AvgIpc) is 2.41. The molecule has 5 heterocycles. The normalized spacial score (nSPS) is 19.8. The zero-order valence-electron chi connectivity index (χ0n) is 46.9. The molecular formula is C57H73F3N8O13S2. The maximum absolute atomic E-state index is 13.8. The molecular weight excluding hydrogens is 1130 g/mol. The predicted octanol–water partition coefficient (Wildman–Crippen LogP) is 5.53. The smallest absolute Gasteiger partial charge is 0.426 e. The van der Waals surface area contributed by atoms with Gasteiger partial charge in [0.2, 0.25) is 23.4 Å². The molecule has 0 spiro atoms. The number of H-pyrrole nitrogens is 1. The van der Waals surface area contributed by atoms with Crippen molar-refractivity contribution in [3.8, 4) is 23.1 Å². The SMILES string of the molecule is Cc1c(C)c2c(c(C)c1OC(=O)C[C@@H](NC(=O)c1ccc(C3(C(F)(F)F)NN3)cc1)C(=O)NCCCOCCOCCOCCCNC(=O)CCCC[C@@H]1SC[C@@H]3NC(=O)N[C@@H]31)CCC(C)(COc1ccc(Cc3sc(=O)[nH]c3O)cc1)O2. The summed E-state index contributed by atoms with van der Waals surface area (Å²) in [5.74, 6) is 0.0304. The number of carbonyl (C=O) groups is 5. The molecule has 21 nitrogen and oxygen atoms in total. The van der Waals surface area contributed by atoms with Crippen LogP contribution >= 0.6 is 23.1 Å². The number of hydrazine groups is 1. The summed E-state index contributed by atoms with van der Waals surface area (Å²) >= 11 is 2.83. The van der Waals surface area contributed by atoms with Crippen LogP contribution in [-0.2, 0) is 47.1 Å². The molecule has 0 radical (unpaired) electrons. The first-order valence-corrected chi connectivity index (χ1v) is 29.7. The van der Waals surface area contributed by atoms with Crippen molar-refractivity contribution in [1.29, 1.82) is 0 Å². The first-order chi connectivity index (χ1) is 39.7. The fraction of sp³-hybridized carbons (Fsp3) is 0.544. The van der Waals surface area contributed by atoms with E-state index in [2.05, 4.69) is 42.4 Å². The van der Waals surface area contributed by atoms with Crippen molar-refractivity contribution in [1.82, 2.24) is 42.4 Å². The van der Waals surface area contributed by atoms with Gasteiger partial charge in [-0.15, -0.1) is 0 Å². The van der Waals surface area contributed by atoms with Gasteiger partial charge in [-0.2, -0.15) is 24.9 Å². The van der Waals surface area contributed by atoms with Crippen LogP contribution in [0.5, 0.6) is 23.1 Å². The molecule has 4 aromatic rings. The van der Waals surface area contributed by atoms with E-state index >= 15 is 0 Å². The topological polar surface area (TPSA) is 298 Å². The summed E-state index contributed by atoms with van der Waals surface area (Å²) in [5.41, 5.74) is 4.62. The van der Waals surface area contributed by atoms with E-state index in [4.69, 9.17) is 28.4 Å². The number of alkyl halides is 3. The minimum Gasteiger partial charge on any atom is -0.494 e. The van der Waals surface area contributed by atoms with Crippen LogP contribution in [0.4, 0.5) is 18.0 Å². The third-order valence-corrected chi connectivity index (χ3v) is 17.4. The van der Waals surface area contributed by atoms with E-state index < -0.39 is 47.7 Å². The Hall–Kier alpha value is -6.42. The summed E-state index contributed by atoms with van der Waals surface area (Å²) in [5, 5.41) is 24.5. The predicted molar refractivity (Wildman–Crippen MR) is 303 cm³/mol. The lowest BCUT2D eigenvalue weighted by molar-refractivity contribution is -0.165. The van der Waals surface area contributed by atoms with Crippen LogP contribution in [0.2, 0.25) is 0 Å². The van der Waals surface area contributed by atoms with Crippen molar-refractivity contribution in [2.45, 2.75) is 133 Å². The zero-order chi connectivity index (χ0) is 59.3. The summed E-state index contributed by atoms with van der Waals surface area (Å²) in [6, 6.07) is 10.9. The van der Waals surface area contributed by atoms with Crippen LogP contribution in [0.3, 0.4) is 0 Å². The highest BCUT2D eigenvalue weighted by Crippen LogP contribution is 2.45. The zero-order valence-corrected chi connectivity index (χ0v) is 48.5. The lowest BCUT2D eigenvalue weighted by atomic mass is 9.87. The number of ether oxygens (including phenoxy) is 6. The van der Waals surface area contributed by atoms with E-state index in [9.17, 15) is 47.0 Å². The molecule has 452 valence electrons. The van der Waals surface area contributed by atoms with Crippen molar-refractivity contribution in [2.75, 3.05) is 65.1 Å². The van der Waals surface area contributed by atoms with Crippen LogP contribution in [-0.4, -0.2) is 140 Å². The number of aromatic nitrogens is 1. The van der Waals surface area contributed by atoms with Gasteiger partial charge in [0, 0.05) is 61.3 Å². The number of hydrogen-bond donors (Lipinski definition) is 9. The molecule has 4 aliphatic heterocycles. The molecule has 1 aromatic heterocycles. The molecule has 9 N–H and O–H groups in total. The van der Waals surface area contributed by atoms with Crippen LogP contribution in [0.15, 0.2) is 53.3 Å². The van der Waals surface area contributed by atoms with Crippen LogP contribution < -0.4 is 56.5 Å². The van der Waals surface area contributed by atoms with Gasteiger partial charge < -0.3 is 60.1 Å². The number of esters is 1. The van der Waals surface area contributed by atoms with E-state index in [-0.39, 0.29) is 72.3 Å². The number of urea groups is 1. The van der Waals surface area contributed by atoms with Crippen molar-refractivity contribution in [3.05, 3.63) is 102 Å². The van der Waals surface area contributed by atoms with E-state index in [0.717, 1.165) is 65.2 Å². The second-order valence-corrected chi connectivity index (χ2v) is 23.6. The van der Waals surface area contributed by atoms with Gasteiger partial charge in [0.25, 0.3) is 5.91 Å². The summed E-state index contributed by atoms with van der Waals surface area (Å²) < 4.78 is 76.9. The molecule has 0 bridgehead atoms. The number of hydrogen-bond acceptors (Lipinski definition) is 17. The molecule has 4 aliphatic rings. The third kappa shape index (κ3) is 16.7. The highest BCUT2D eigenvalue weighted by atomic mass is 32.2. The number of unbranched alkanes of at least 4 members (excludes halogenated alkanes) is 1. The number of nitrogens with one attached hydrogen (secondary N) is 8. The van der Waals surface area contributed by atoms with Gasteiger partial charge in [-0.1, -0.05) is 42.0 Å². The van der Waals surface area contributed by atoms with Crippen LogP contribution in [0.1, 0.15) is 107 Å². The van der Waals surface area contributed by atoms with Gasteiger partial charge in [-0.3, -0.25) is 29.0 Å². The molecule has 0 aliphatic carbocycles. The van der Waals surface area contributed by atoms with Crippen molar-refractivity contribution >= 4 is 52.8 Å². The highest BCUT2D eigenvalue weighted by Gasteiger charge is 2.65. The summed E-state index contributed by atoms with van der Waals surface area (Å²) in [7, 11) is 0. The van der Waals surface area contributed by atoms with Gasteiger partial charge in [0.15, 0.2) is 0 Å². The Kier molecular flexibility index (Phi) is 21.5. The van der Waals surface area contributed by atoms with Crippen molar-refractivity contribution in [3.63, 3.8) is 0 Å². The highest BCUT2D eigenvalue weighted by molar-refractivity contribution is 8.00. The van der Waals surface area contributed by atoms with Crippen molar-refractivity contribution in [2.24, 2.45) is 0 Å². The molecule has 83 heavy (non-hydrogen) atoms. The Morgan fingerprint density at radius 2 is 1.52 bits per heavy atom. The minimum atomic E-state index is -4.66. The second kappa shape index (κ2) is 28.4.